The summed E-state index contributed by atoms with van der Waals surface area (Å²) in [6.45, 7) is 21.5. The van der Waals surface area contributed by atoms with Crippen molar-refractivity contribution in [1.82, 2.24) is 4.57 Å². The lowest BCUT2D eigenvalue weighted by atomic mass is 11.3. The molecule has 0 heterocycles. The van der Waals surface area contributed by atoms with Crippen LogP contribution in [0.4, 0.5) is 0 Å². The maximum atomic E-state index is 6.41. The average molecular weight is 400 g/mol. The van der Waals surface area contributed by atoms with Crippen LogP contribution in [0.25, 0.3) is 0 Å². The fraction of sp³-hybridized carbons (Fsp3) is 1.00. The molecule has 0 radical (unpaired) electrons. The van der Waals surface area contributed by atoms with Crippen LogP contribution in [0.1, 0.15) is 0 Å². The van der Waals surface area contributed by atoms with E-state index >= 15 is 0 Å². The summed E-state index contributed by atoms with van der Waals surface area (Å²) < 4.78 is 27.5. The van der Waals surface area contributed by atoms with Crippen LogP contribution in [0.3, 0.4) is 0 Å². The molecule has 134 valence electrons. The Morgan fingerprint density at radius 1 is 0.636 bits per heavy atom. The molecular weight excluding hydrogens is 363 g/mol. The fourth-order valence-electron chi connectivity index (χ4n) is 2.50. The SMILES string of the molecule is CN(C)[SiH](C)O[Si](C)(C)O[Si](C)(C)O[Si](C)(C)O[Si](C)(C)C. The summed E-state index contributed by atoms with van der Waals surface area (Å²) in [5, 5.41) is 0. The van der Waals surface area contributed by atoms with Gasteiger partial charge in [0.15, 0.2) is 8.32 Å². The summed E-state index contributed by atoms with van der Waals surface area (Å²) in [4.78, 5) is 0. The number of hydrogen-bond acceptors (Lipinski definition) is 5. The van der Waals surface area contributed by atoms with Gasteiger partial charge in [-0.25, -0.2) is 0 Å². The second kappa shape index (κ2) is 7.84. The molecule has 1 atom stereocenters. The summed E-state index contributed by atoms with van der Waals surface area (Å²) in [5.74, 6) is 0. The van der Waals surface area contributed by atoms with Crippen LogP contribution in [0.5, 0.6) is 0 Å². The fourth-order valence-corrected chi connectivity index (χ4v) is 23.7. The third kappa shape index (κ3) is 10.6. The minimum absolute atomic E-state index is 1.35. The van der Waals surface area contributed by atoms with E-state index in [2.05, 4.69) is 84.1 Å². The predicted octanol–water partition coefficient (Wildman–Crippen LogP) is 3.41. The van der Waals surface area contributed by atoms with Crippen molar-refractivity contribution >= 4 is 43.2 Å². The van der Waals surface area contributed by atoms with E-state index in [0.29, 0.717) is 0 Å². The highest BCUT2D eigenvalue weighted by molar-refractivity contribution is 6.89. The van der Waals surface area contributed by atoms with Crippen molar-refractivity contribution in [3.8, 4) is 0 Å². The number of rotatable bonds is 9. The maximum Gasteiger partial charge on any atom is 0.314 e. The lowest BCUT2D eigenvalue weighted by molar-refractivity contribution is 0.295. The average Bonchev–Trinajstić information content (AvgIpc) is 2.06. The number of nitrogens with zero attached hydrogens (tertiary/aromatic N) is 1. The molecule has 0 aliphatic carbocycles. The van der Waals surface area contributed by atoms with Crippen molar-refractivity contribution in [3.05, 3.63) is 0 Å². The van der Waals surface area contributed by atoms with E-state index in [9.17, 15) is 0 Å². The van der Waals surface area contributed by atoms with Gasteiger partial charge in [0, 0.05) is 0 Å². The lowest BCUT2D eigenvalue weighted by Crippen LogP contribution is -2.58. The molecule has 0 saturated heterocycles. The molecule has 0 aliphatic rings. The molecule has 0 fully saturated rings. The third-order valence-corrected chi connectivity index (χ3v) is 20.1. The van der Waals surface area contributed by atoms with Crippen LogP contribution in [0.2, 0.25) is 65.5 Å². The zero-order chi connectivity index (χ0) is 18.0. The summed E-state index contributed by atoms with van der Waals surface area (Å²) in [5.41, 5.74) is 0. The van der Waals surface area contributed by atoms with Crippen molar-refractivity contribution in [2.75, 3.05) is 14.1 Å². The highest BCUT2D eigenvalue weighted by Crippen LogP contribution is 2.24. The zero-order valence-corrected chi connectivity index (χ0v) is 21.8. The third-order valence-electron chi connectivity index (χ3n) is 2.72. The molecule has 0 amide bonds. The lowest BCUT2D eigenvalue weighted by Gasteiger charge is -2.40. The van der Waals surface area contributed by atoms with Crippen molar-refractivity contribution in [1.29, 1.82) is 0 Å². The summed E-state index contributed by atoms with van der Waals surface area (Å²) >= 11 is 0. The Morgan fingerprint density at radius 3 is 1.36 bits per heavy atom. The molecule has 5 nitrogen and oxygen atoms in total. The first kappa shape index (κ1) is 22.9. The molecule has 0 saturated carbocycles. The van der Waals surface area contributed by atoms with Gasteiger partial charge in [-0.1, -0.05) is 0 Å². The van der Waals surface area contributed by atoms with E-state index in [0.717, 1.165) is 0 Å². The van der Waals surface area contributed by atoms with E-state index in [1.165, 1.54) is 0 Å². The van der Waals surface area contributed by atoms with Crippen LogP contribution >= 0.6 is 0 Å². The van der Waals surface area contributed by atoms with Gasteiger partial charge in [0.1, 0.15) is 0 Å². The summed E-state index contributed by atoms with van der Waals surface area (Å²) in [7, 11) is -5.46. The quantitative estimate of drug-likeness (QED) is 0.556. The second-order valence-corrected chi connectivity index (χ2v) is 26.5. The summed E-state index contributed by atoms with van der Waals surface area (Å²) in [6.07, 6.45) is 0. The first-order chi connectivity index (χ1) is 9.45. The van der Waals surface area contributed by atoms with E-state index in [4.69, 9.17) is 16.5 Å². The van der Waals surface area contributed by atoms with Gasteiger partial charge in [0.2, 0.25) is 9.20 Å². The van der Waals surface area contributed by atoms with Crippen molar-refractivity contribution in [3.63, 3.8) is 0 Å². The van der Waals surface area contributed by atoms with Gasteiger partial charge in [-0.2, -0.15) is 0 Å². The van der Waals surface area contributed by atoms with Crippen molar-refractivity contribution in [2.45, 2.75) is 65.5 Å². The second-order valence-electron chi connectivity index (χ2n) is 8.30. The van der Waals surface area contributed by atoms with Gasteiger partial charge in [0.05, 0.1) is 0 Å². The Bertz CT molecular complexity index is 358. The van der Waals surface area contributed by atoms with E-state index in [-0.39, 0.29) is 0 Å². The topological polar surface area (TPSA) is 40.2 Å². The molecule has 0 bridgehead atoms. The minimum atomic E-state index is -2.28. The van der Waals surface area contributed by atoms with Gasteiger partial charge in [-0.15, -0.1) is 0 Å². The van der Waals surface area contributed by atoms with E-state index < -0.39 is 43.2 Å². The molecule has 1 unspecified atom stereocenters. The maximum absolute atomic E-state index is 6.41. The van der Waals surface area contributed by atoms with Gasteiger partial charge in [-0.05, 0) is 79.6 Å². The van der Waals surface area contributed by atoms with Crippen LogP contribution in [0, 0.1) is 0 Å². The molecule has 0 N–H and O–H groups in total. The summed E-state index contributed by atoms with van der Waals surface area (Å²) in [6, 6.07) is 0. The van der Waals surface area contributed by atoms with E-state index in [1.54, 1.807) is 0 Å². The van der Waals surface area contributed by atoms with Crippen LogP contribution in [0.15, 0.2) is 0 Å². The predicted molar refractivity (Wildman–Crippen MR) is 107 cm³/mol. The van der Waals surface area contributed by atoms with Crippen molar-refractivity contribution in [2.24, 2.45) is 0 Å². The normalized spacial score (nSPS) is 16.2. The Hall–Kier alpha value is 0.884. The van der Waals surface area contributed by atoms with Gasteiger partial charge < -0.3 is 21.0 Å². The molecule has 10 heteroatoms. The highest BCUT2D eigenvalue weighted by atomic mass is 28.5. The highest BCUT2D eigenvalue weighted by Gasteiger charge is 2.43. The Balaban J connectivity index is 4.80. The minimum Gasteiger partial charge on any atom is -0.437 e. The van der Waals surface area contributed by atoms with Crippen LogP contribution in [-0.4, -0.2) is 61.9 Å². The first-order valence-electron chi connectivity index (χ1n) is 7.89. The molecule has 0 aromatic heterocycles. The molecule has 0 aliphatic heterocycles. The van der Waals surface area contributed by atoms with Gasteiger partial charge in [-0.3, -0.25) is 0 Å². The standard InChI is InChI=1S/C12H37NO4Si5/c1-13(2)18(3)14-20(7,8)16-22(11,12)17-21(9,10)15-19(4,5)6/h18H,1-12H3. The Labute approximate surface area is 144 Å². The molecule has 0 rings (SSSR count). The van der Waals surface area contributed by atoms with E-state index in [1.807, 2.05) is 0 Å². The number of hydrogen-bond donors (Lipinski definition) is 0. The molecule has 0 aromatic rings. The zero-order valence-electron chi connectivity index (χ0n) is 16.7. The molecule has 22 heavy (non-hydrogen) atoms. The van der Waals surface area contributed by atoms with Crippen molar-refractivity contribution < 1.29 is 16.5 Å². The Morgan fingerprint density at radius 2 is 1.00 bits per heavy atom. The molecular formula is C12H37NO4Si5. The molecule has 0 aromatic carbocycles. The smallest absolute Gasteiger partial charge is 0.314 e. The van der Waals surface area contributed by atoms with Gasteiger partial charge >= 0.3 is 25.7 Å². The monoisotopic (exact) mass is 399 g/mol. The van der Waals surface area contributed by atoms with Crippen LogP contribution in [-0.2, 0) is 16.5 Å². The first-order valence-corrected chi connectivity index (χ1v) is 21.9. The molecule has 0 spiro atoms. The largest absolute Gasteiger partial charge is 0.437 e. The van der Waals surface area contributed by atoms with Crippen LogP contribution < -0.4 is 0 Å². The van der Waals surface area contributed by atoms with Gasteiger partial charge in [0.25, 0.3) is 0 Å². The Kier molecular flexibility index (Phi) is 8.16.